The number of ether oxygens (including phenoxy) is 1. The van der Waals surface area contributed by atoms with E-state index in [4.69, 9.17) is 27.2 Å². The van der Waals surface area contributed by atoms with E-state index in [-0.39, 0.29) is 5.82 Å². The van der Waals surface area contributed by atoms with Gasteiger partial charge in [-0.05, 0) is 37.5 Å². The molecule has 140 valence electrons. The number of halogens is 1. The zero-order chi connectivity index (χ0) is 19.3. The van der Waals surface area contributed by atoms with Crippen molar-refractivity contribution in [1.82, 2.24) is 9.97 Å². The highest BCUT2D eigenvalue weighted by Crippen LogP contribution is 2.29. The predicted molar refractivity (Wildman–Crippen MR) is 102 cm³/mol. The summed E-state index contributed by atoms with van der Waals surface area (Å²) in [7, 11) is 0. The van der Waals surface area contributed by atoms with Crippen molar-refractivity contribution in [2.24, 2.45) is 11.7 Å². The van der Waals surface area contributed by atoms with E-state index in [1.165, 1.54) is 12.4 Å². The van der Waals surface area contributed by atoms with Gasteiger partial charge in [0, 0.05) is 17.3 Å². The first-order chi connectivity index (χ1) is 12.2. The molecule has 2 heterocycles. The molecule has 0 spiro atoms. The lowest BCUT2D eigenvalue weighted by atomic mass is 9.93. The van der Waals surface area contributed by atoms with Crippen molar-refractivity contribution in [3.63, 3.8) is 0 Å². The zero-order valence-electron chi connectivity index (χ0n) is 15.0. The number of nitrogens with one attached hydrogen (secondary N) is 1. The SMILES string of the molecule is CC(C)CC(C)(N)COc1cnc(-c2ccnc(NC(=O)O)c2)cc1Cl. The first-order valence-electron chi connectivity index (χ1n) is 8.20. The maximum atomic E-state index is 10.7. The number of hydrogen-bond acceptors (Lipinski definition) is 5. The smallest absolute Gasteiger partial charge is 0.410 e. The fourth-order valence-corrected chi connectivity index (χ4v) is 2.89. The number of pyridine rings is 2. The Morgan fingerprint density at radius 1 is 1.42 bits per heavy atom. The van der Waals surface area contributed by atoms with Gasteiger partial charge in [0.15, 0.2) is 5.75 Å². The van der Waals surface area contributed by atoms with Crippen molar-refractivity contribution >= 4 is 23.5 Å². The minimum absolute atomic E-state index is 0.209. The second-order valence-corrected chi connectivity index (χ2v) is 7.31. The average Bonchev–Trinajstić information content (AvgIpc) is 2.52. The minimum atomic E-state index is -1.18. The van der Waals surface area contributed by atoms with Crippen molar-refractivity contribution in [1.29, 1.82) is 0 Å². The van der Waals surface area contributed by atoms with E-state index in [1.54, 1.807) is 18.2 Å². The highest BCUT2D eigenvalue weighted by molar-refractivity contribution is 6.32. The summed E-state index contributed by atoms with van der Waals surface area (Å²) in [6, 6.07) is 4.95. The van der Waals surface area contributed by atoms with Crippen LogP contribution in [0.3, 0.4) is 0 Å². The molecule has 2 rings (SSSR count). The fraction of sp³-hybridized carbons (Fsp3) is 0.389. The van der Waals surface area contributed by atoms with E-state index >= 15 is 0 Å². The van der Waals surface area contributed by atoms with E-state index in [2.05, 4.69) is 29.1 Å². The van der Waals surface area contributed by atoms with Gasteiger partial charge >= 0.3 is 6.09 Å². The summed E-state index contributed by atoms with van der Waals surface area (Å²) >= 11 is 6.31. The van der Waals surface area contributed by atoms with Gasteiger partial charge in [-0.15, -0.1) is 0 Å². The number of hydrogen-bond donors (Lipinski definition) is 3. The van der Waals surface area contributed by atoms with Crippen LogP contribution < -0.4 is 15.8 Å². The Morgan fingerprint density at radius 2 is 2.15 bits per heavy atom. The van der Waals surface area contributed by atoms with Gasteiger partial charge in [-0.25, -0.2) is 9.78 Å². The van der Waals surface area contributed by atoms with E-state index < -0.39 is 11.6 Å². The molecule has 1 amide bonds. The molecule has 0 saturated heterocycles. The molecule has 1 atom stereocenters. The third-order valence-electron chi connectivity index (χ3n) is 3.54. The second kappa shape index (κ2) is 8.33. The van der Waals surface area contributed by atoms with Crippen LogP contribution in [0.25, 0.3) is 11.3 Å². The molecule has 0 fully saturated rings. The van der Waals surface area contributed by atoms with Gasteiger partial charge in [-0.1, -0.05) is 25.4 Å². The summed E-state index contributed by atoms with van der Waals surface area (Å²) in [5, 5.41) is 11.4. The van der Waals surface area contributed by atoms with Crippen molar-refractivity contribution < 1.29 is 14.6 Å². The quantitative estimate of drug-likeness (QED) is 0.670. The number of nitrogens with zero attached hydrogens (tertiary/aromatic N) is 2. The number of aromatic nitrogens is 2. The molecule has 7 nitrogen and oxygen atoms in total. The Bertz CT molecular complexity index is 781. The van der Waals surface area contributed by atoms with Crippen LogP contribution in [0.1, 0.15) is 27.2 Å². The summed E-state index contributed by atoms with van der Waals surface area (Å²) in [5.74, 6) is 1.12. The lowest BCUT2D eigenvalue weighted by Gasteiger charge is -2.26. The van der Waals surface area contributed by atoms with Gasteiger partial charge in [0.25, 0.3) is 0 Å². The fourth-order valence-electron chi connectivity index (χ4n) is 2.68. The molecule has 0 aliphatic rings. The first kappa shape index (κ1) is 19.9. The standard InChI is InChI=1S/C18H23ClN4O3/c1-11(2)8-18(3,20)10-26-15-9-22-14(7-13(15)19)12-4-5-21-16(6-12)23-17(24)25/h4-7,9,11H,8,10,20H2,1-3H3,(H,21,23)(H,24,25). The highest BCUT2D eigenvalue weighted by Gasteiger charge is 2.21. The van der Waals surface area contributed by atoms with Gasteiger partial charge in [-0.3, -0.25) is 10.3 Å². The molecule has 0 bridgehead atoms. The van der Waals surface area contributed by atoms with Crippen molar-refractivity contribution in [3.8, 4) is 17.0 Å². The molecule has 0 aliphatic carbocycles. The van der Waals surface area contributed by atoms with Crippen LogP contribution in [-0.2, 0) is 0 Å². The number of carboxylic acid groups (broad SMARTS) is 1. The van der Waals surface area contributed by atoms with Crippen LogP contribution in [-0.4, -0.2) is 33.3 Å². The summed E-state index contributed by atoms with van der Waals surface area (Å²) in [5.41, 5.74) is 7.04. The maximum absolute atomic E-state index is 10.7. The van der Waals surface area contributed by atoms with Crippen LogP contribution in [0, 0.1) is 5.92 Å². The van der Waals surface area contributed by atoms with E-state index in [9.17, 15) is 4.79 Å². The monoisotopic (exact) mass is 378 g/mol. The van der Waals surface area contributed by atoms with Gasteiger partial charge in [-0.2, -0.15) is 0 Å². The average molecular weight is 379 g/mol. The Labute approximate surface area is 157 Å². The molecular formula is C18H23ClN4O3. The Morgan fingerprint density at radius 3 is 2.77 bits per heavy atom. The van der Waals surface area contributed by atoms with Crippen LogP contribution in [0.2, 0.25) is 5.02 Å². The lowest BCUT2D eigenvalue weighted by Crippen LogP contribution is -2.43. The molecule has 0 aliphatic heterocycles. The number of carbonyl (C=O) groups is 1. The highest BCUT2D eigenvalue weighted by atomic mass is 35.5. The lowest BCUT2D eigenvalue weighted by molar-refractivity contribution is 0.206. The molecule has 0 aromatic carbocycles. The molecule has 0 radical (unpaired) electrons. The summed E-state index contributed by atoms with van der Waals surface area (Å²) in [6.07, 6.45) is 2.67. The second-order valence-electron chi connectivity index (χ2n) is 6.90. The van der Waals surface area contributed by atoms with Crippen molar-refractivity contribution in [3.05, 3.63) is 35.6 Å². The minimum Gasteiger partial charge on any atom is -0.488 e. The summed E-state index contributed by atoms with van der Waals surface area (Å²) in [4.78, 5) is 19.0. The van der Waals surface area contributed by atoms with Gasteiger partial charge in [0.05, 0.1) is 16.9 Å². The molecule has 0 saturated carbocycles. The third-order valence-corrected chi connectivity index (χ3v) is 3.84. The van der Waals surface area contributed by atoms with Crippen LogP contribution in [0.5, 0.6) is 5.75 Å². The van der Waals surface area contributed by atoms with Gasteiger partial charge in [0.2, 0.25) is 0 Å². The molecule has 2 aromatic heterocycles. The van der Waals surface area contributed by atoms with Crippen molar-refractivity contribution in [2.45, 2.75) is 32.7 Å². The van der Waals surface area contributed by atoms with E-state index in [1.807, 2.05) is 6.92 Å². The predicted octanol–water partition coefficient (Wildman–Crippen LogP) is 4.03. The number of rotatable bonds is 7. The molecule has 2 aromatic rings. The van der Waals surface area contributed by atoms with Crippen LogP contribution in [0.4, 0.5) is 10.6 Å². The Balaban J connectivity index is 2.13. The Kier molecular flexibility index (Phi) is 6.39. The topological polar surface area (TPSA) is 110 Å². The van der Waals surface area contributed by atoms with Crippen LogP contribution in [0.15, 0.2) is 30.6 Å². The molecule has 26 heavy (non-hydrogen) atoms. The van der Waals surface area contributed by atoms with Crippen LogP contribution >= 0.6 is 11.6 Å². The van der Waals surface area contributed by atoms with E-state index in [0.29, 0.717) is 34.6 Å². The largest absolute Gasteiger partial charge is 0.488 e. The number of amides is 1. The van der Waals surface area contributed by atoms with Gasteiger partial charge < -0.3 is 15.6 Å². The summed E-state index contributed by atoms with van der Waals surface area (Å²) in [6.45, 7) is 6.48. The zero-order valence-corrected chi connectivity index (χ0v) is 15.7. The molecular weight excluding hydrogens is 356 g/mol. The van der Waals surface area contributed by atoms with Crippen molar-refractivity contribution in [2.75, 3.05) is 11.9 Å². The van der Waals surface area contributed by atoms with Gasteiger partial charge in [0.1, 0.15) is 12.4 Å². The molecule has 1 unspecified atom stereocenters. The maximum Gasteiger partial charge on any atom is 0.410 e. The Hall–Kier alpha value is -2.38. The third kappa shape index (κ3) is 5.86. The number of nitrogens with two attached hydrogens (primary N) is 1. The van der Waals surface area contributed by atoms with E-state index in [0.717, 1.165) is 6.42 Å². The number of anilines is 1. The molecule has 8 heteroatoms. The molecule has 4 N–H and O–H groups in total. The normalized spacial score (nSPS) is 13.3. The first-order valence-corrected chi connectivity index (χ1v) is 8.58. The summed E-state index contributed by atoms with van der Waals surface area (Å²) < 4.78 is 5.75.